The Morgan fingerprint density at radius 2 is 1.86 bits per heavy atom. The van der Waals surface area contributed by atoms with Crippen molar-refractivity contribution in [3.05, 3.63) is 11.4 Å². The maximum atomic E-state index is 6.58. The summed E-state index contributed by atoms with van der Waals surface area (Å²) in [5.74, 6) is 0. The van der Waals surface area contributed by atoms with Crippen molar-refractivity contribution in [2.24, 2.45) is 0 Å². The van der Waals surface area contributed by atoms with Gasteiger partial charge in [-0.05, 0) is 0 Å². The van der Waals surface area contributed by atoms with Crippen LogP contribution >= 0.6 is 0 Å². The van der Waals surface area contributed by atoms with Crippen LogP contribution < -0.4 is 0 Å². The van der Waals surface area contributed by atoms with Gasteiger partial charge in [0, 0.05) is 12.8 Å². The molecule has 0 saturated carbocycles. The molecule has 0 aromatic heterocycles. The van der Waals surface area contributed by atoms with Crippen molar-refractivity contribution in [2.45, 2.75) is 32.7 Å². The summed E-state index contributed by atoms with van der Waals surface area (Å²) in [5, 5.41) is 0. The smallest absolute Gasteiger partial charge is 0.223 e. The molecule has 0 rings (SSSR count). The Bertz CT molecular complexity index is 66.7. The van der Waals surface area contributed by atoms with Gasteiger partial charge in [0.05, 0.1) is 0 Å². The first-order chi connectivity index (χ1) is 3.35. The highest BCUT2D eigenvalue weighted by molar-refractivity contribution is 4.73. The zero-order valence-electron chi connectivity index (χ0n) is 4.94. The first-order valence-corrected chi connectivity index (χ1v) is 2.71. The first kappa shape index (κ1) is 6.49. The van der Waals surface area contributed by atoms with Crippen LogP contribution in [0.1, 0.15) is 26.7 Å². The van der Waals surface area contributed by atoms with Gasteiger partial charge in [0.15, 0.2) is 0 Å². The van der Waals surface area contributed by atoms with Crippen molar-refractivity contribution in [3.63, 3.8) is 0 Å². The van der Waals surface area contributed by atoms with Crippen LogP contribution in [0, 0.1) is 6.57 Å². The Morgan fingerprint density at radius 1 is 1.43 bits per heavy atom. The number of hydrogen-bond donors (Lipinski definition) is 0. The van der Waals surface area contributed by atoms with E-state index in [0.29, 0.717) is 0 Å². The topological polar surface area (TPSA) is 4.36 Å². The molecule has 0 atom stereocenters. The Balaban J connectivity index is 3.23. The van der Waals surface area contributed by atoms with Crippen molar-refractivity contribution in [3.8, 4) is 0 Å². The van der Waals surface area contributed by atoms with Crippen LogP contribution in [0.5, 0.6) is 0 Å². The van der Waals surface area contributed by atoms with E-state index in [0.717, 1.165) is 12.8 Å². The lowest BCUT2D eigenvalue weighted by molar-refractivity contribution is 0.713. The summed E-state index contributed by atoms with van der Waals surface area (Å²) in [7, 11) is 0. The summed E-state index contributed by atoms with van der Waals surface area (Å²) in [6, 6.07) is 0.278. The third-order valence-corrected chi connectivity index (χ3v) is 1.13. The van der Waals surface area contributed by atoms with E-state index in [-0.39, 0.29) is 6.04 Å². The highest BCUT2D eigenvalue weighted by atomic mass is 14.7. The maximum absolute atomic E-state index is 6.58. The fraction of sp³-hybridized carbons (Fsp3) is 0.833. The van der Waals surface area contributed by atoms with Crippen LogP contribution in [0.15, 0.2) is 0 Å². The Hall–Kier alpha value is -0.510. The molecule has 0 aromatic carbocycles. The Labute approximate surface area is 45.2 Å². The number of nitrogens with zero attached hydrogens (tertiary/aromatic N) is 1. The van der Waals surface area contributed by atoms with Gasteiger partial charge < -0.3 is 4.85 Å². The number of rotatable bonds is 2. The molecule has 0 aliphatic heterocycles. The lowest BCUT2D eigenvalue weighted by Crippen LogP contribution is -1.94. The van der Waals surface area contributed by atoms with Gasteiger partial charge in [0.1, 0.15) is 0 Å². The second kappa shape index (κ2) is 3.67. The van der Waals surface area contributed by atoms with Gasteiger partial charge in [0.2, 0.25) is 6.04 Å². The Morgan fingerprint density at radius 3 is 1.86 bits per heavy atom. The quantitative estimate of drug-likeness (QED) is 0.465. The average molecular weight is 97.2 g/mol. The fourth-order valence-electron chi connectivity index (χ4n) is 0.471. The zero-order valence-corrected chi connectivity index (χ0v) is 4.94. The predicted octanol–water partition coefficient (Wildman–Crippen LogP) is 2.09. The van der Waals surface area contributed by atoms with Crippen molar-refractivity contribution < 1.29 is 0 Å². The summed E-state index contributed by atoms with van der Waals surface area (Å²) in [6.07, 6.45) is 2.00. The van der Waals surface area contributed by atoms with Crippen LogP contribution in [0.25, 0.3) is 4.85 Å². The highest BCUT2D eigenvalue weighted by Gasteiger charge is 2.01. The van der Waals surface area contributed by atoms with Gasteiger partial charge in [-0.15, -0.1) is 0 Å². The third-order valence-electron chi connectivity index (χ3n) is 1.13. The van der Waals surface area contributed by atoms with E-state index >= 15 is 0 Å². The second-order valence-corrected chi connectivity index (χ2v) is 1.60. The van der Waals surface area contributed by atoms with E-state index in [1.807, 2.05) is 13.8 Å². The SMILES string of the molecule is [C-]#[N+]C(CC)CC. The molecule has 0 heterocycles. The molecule has 0 bridgehead atoms. The van der Waals surface area contributed by atoms with Gasteiger partial charge in [-0.1, -0.05) is 13.8 Å². The zero-order chi connectivity index (χ0) is 5.70. The Kier molecular flexibility index (Phi) is 3.40. The lowest BCUT2D eigenvalue weighted by Gasteiger charge is -1.92. The average Bonchev–Trinajstić information content (AvgIpc) is 1.72. The molecule has 0 fully saturated rings. The molecule has 0 saturated heterocycles. The molecular weight excluding hydrogens is 86.1 g/mol. The van der Waals surface area contributed by atoms with Gasteiger partial charge in [-0.25, -0.2) is 6.57 Å². The number of hydrogen-bond acceptors (Lipinski definition) is 0. The molecule has 0 N–H and O–H groups in total. The molecule has 1 heteroatoms. The summed E-state index contributed by atoms with van der Waals surface area (Å²) >= 11 is 0. The minimum Gasteiger partial charge on any atom is -0.314 e. The van der Waals surface area contributed by atoms with E-state index in [9.17, 15) is 0 Å². The molecular formula is C6H11N. The molecule has 0 radical (unpaired) electrons. The van der Waals surface area contributed by atoms with E-state index in [1.165, 1.54) is 0 Å². The third kappa shape index (κ3) is 2.22. The van der Waals surface area contributed by atoms with Crippen LogP contribution in [0.3, 0.4) is 0 Å². The molecule has 0 aliphatic carbocycles. The van der Waals surface area contributed by atoms with Crippen LogP contribution in [0.4, 0.5) is 0 Å². The molecule has 0 aromatic rings. The first-order valence-electron chi connectivity index (χ1n) is 2.71. The van der Waals surface area contributed by atoms with Crippen molar-refractivity contribution in [2.75, 3.05) is 0 Å². The fourth-order valence-corrected chi connectivity index (χ4v) is 0.471. The molecule has 0 unspecified atom stereocenters. The summed E-state index contributed by atoms with van der Waals surface area (Å²) in [6.45, 7) is 10.7. The second-order valence-electron chi connectivity index (χ2n) is 1.60. The van der Waals surface area contributed by atoms with E-state index in [4.69, 9.17) is 6.57 Å². The minimum absolute atomic E-state index is 0.278. The monoisotopic (exact) mass is 97.1 g/mol. The van der Waals surface area contributed by atoms with Crippen LogP contribution in [-0.4, -0.2) is 6.04 Å². The standard InChI is InChI=1S/C6H11N/c1-4-6(5-2)7-3/h6H,4-5H2,1-2H3. The van der Waals surface area contributed by atoms with Crippen LogP contribution in [0.2, 0.25) is 0 Å². The predicted molar refractivity (Wildman–Crippen MR) is 31.0 cm³/mol. The maximum Gasteiger partial charge on any atom is 0.223 e. The summed E-state index contributed by atoms with van der Waals surface area (Å²) in [4.78, 5) is 3.38. The molecule has 40 valence electrons. The molecule has 0 amide bonds. The van der Waals surface area contributed by atoms with E-state index < -0.39 is 0 Å². The molecule has 0 aliphatic rings. The van der Waals surface area contributed by atoms with Gasteiger partial charge >= 0.3 is 0 Å². The lowest BCUT2D eigenvalue weighted by atomic mass is 10.2. The summed E-state index contributed by atoms with van der Waals surface area (Å²) in [5.41, 5.74) is 0. The van der Waals surface area contributed by atoms with E-state index in [2.05, 4.69) is 4.85 Å². The van der Waals surface area contributed by atoms with Crippen molar-refractivity contribution >= 4 is 0 Å². The van der Waals surface area contributed by atoms with Gasteiger partial charge in [0.25, 0.3) is 0 Å². The molecule has 0 spiro atoms. The van der Waals surface area contributed by atoms with Crippen molar-refractivity contribution in [1.29, 1.82) is 0 Å². The largest absolute Gasteiger partial charge is 0.314 e. The molecule has 1 nitrogen and oxygen atoms in total. The normalized spacial score (nSPS) is 8.86. The minimum atomic E-state index is 0.278. The molecule has 7 heavy (non-hydrogen) atoms. The van der Waals surface area contributed by atoms with E-state index in [1.54, 1.807) is 0 Å². The summed E-state index contributed by atoms with van der Waals surface area (Å²) < 4.78 is 0. The van der Waals surface area contributed by atoms with Gasteiger partial charge in [-0.3, -0.25) is 0 Å². The van der Waals surface area contributed by atoms with Gasteiger partial charge in [-0.2, -0.15) is 0 Å². The highest BCUT2D eigenvalue weighted by Crippen LogP contribution is 1.99. The van der Waals surface area contributed by atoms with Crippen molar-refractivity contribution in [1.82, 2.24) is 0 Å². The van der Waals surface area contributed by atoms with Crippen LogP contribution in [-0.2, 0) is 0 Å².